The minimum Gasteiger partial charge on any atom is -0.370 e. The number of hydrogen-bond donors (Lipinski definition) is 4. The predicted molar refractivity (Wildman–Crippen MR) is 76.0 cm³/mol. The average molecular weight is 244 g/mol. The maximum absolute atomic E-state index is 5.40. The zero-order valence-corrected chi connectivity index (χ0v) is 12.1. The quantitative estimate of drug-likeness (QED) is 0.364. The van der Waals surface area contributed by atoms with Crippen LogP contribution in [0.15, 0.2) is 9.98 Å². The summed E-state index contributed by atoms with van der Waals surface area (Å²) in [6.07, 6.45) is 0. The number of hydrogen-bond acceptors (Lipinski definition) is 2. The van der Waals surface area contributed by atoms with E-state index in [4.69, 9.17) is 17.2 Å². The molecule has 0 saturated carbocycles. The molecule has 0 unspecified atom stereocenters. The fourth-order valence-electron chi connectivity index (χ4n) is 0.827. The molecule has 0 saturated heterocycles. The van der Waals surface area contributed by atoms with Crippen molar-refractivity contribution in [3.8, 4) is 0 Å². The molecule has 102 valence electrons. The highest BCUT2D eigenvalue weighted by atomic mass is 15.1. The van der Waals surface area contributed by atoms with Gasteiger partial charge in [-0.05, 0) is 41.5 Å². The minimum absolute atomic E-state index is 0.0175. The van der Waals surface area contributed by atoms with Crippen LogP contribution in [0.5, 0.6) is 0 Å². The van der Waals surface area contributed by atoms with Crippen LogP contribution in [0.2, 0.25) is 0 Å². The fourth-order valence-corrected chi connectivity index (χ4v) is 0.827. The third kappa shape index (κ3) is 20.6. The zero-order valence-electron chi connectivity index (χ0n) is 12.1. The fraction of sp³-hybridized carbons (Fsp3) is 0.818. The molecule has 0 aliphatic carbocycles. The summed E-state index contributed by atoms with van der Waals surface area (Å²) in [5, 5.41) is 3.00. The molecule has 0 aromatic heterocycles. The highest BCUT2D eigenvalue weighted by Crippen LogP contribution is 2.03. The van der Waals surface area contributed by atoms with Gasteiger partial charge in [-0.1, -0.05) is 0 Å². The Kier molecular flexibility index (Phi) is 7.36. The molecule has 0 spiro atoms. The average Bonchev–Trinajstić information content (AvgIpc) is 1.96. The summed E-state index contributed by atoms with van der Waals surface area (Å²) in [7, 11) is 1.66. The molecule has 0 aromatic rings. The Morgan fingerprint density at radius 3 is 1.41 bits per heavy atom. The predicted octanol–water partition coefficient (Wildman–Crippen LogP) is 0.377. The summed E-state index contributed by atoms with van der Waals surface area (Å²) in [5.74, 6) is 0.639. The lowest BCUT2D eigenvalue weighted by atomic mass is 10.1. The van der Waals surface area contributed by atoms with Crippen LogP contribution in [0.1, 0.15) is 41.5 Å². The van der Waals surface area contributed by atoms with E-state index < -0.39 is 0 Å². The summed E-state index contributed by atoms with van der Waals surface area (Å²) in [5.41, 5.74) is 15.5. The topological polar surface area (TPSA) is 115 Å². The van der Waals surface area contributed by atoms with Crippen molar-refractivity contribution in [1.29, 1.82) is 0 Å². The van der Waals surface area contributed by atoms with Gasteiger partial charge in [-0.2, -0.15) is 0 Å². The van der Waals surface area contributed by atoms with Gasteiger partial charge < -0.3 is 22.5 Å². The summed E-state index contributed by atoms with van der Waals surface area (Å²) in [6, 6.07) is 0. The molecular formula is C11H28N6. The van der Waals surface area contributed by atoms with Crippen LogP contribution in [0.3, 0.4) is 0 Å². The van der Waals surface area contributed by atoms with E-state index in [-0.39, 0.29) is 17.0 Å². The molecule has 0 atom stereocenters. The van der Waals surface area contributed by atoms with E-state index in [0.717, 1.165) is 0 Å². The van der Waals surface area contributed by atoms with E-state index in [1.165, 1.54) is 0 Å². The normalized spacial score (nSPS) is 12.3. The van der Waals surface area contributed by atoms with Crippen molar-refractivity contribution in [2.45, 2.75) is 52.6 Å². The lowest BCUT2D eigenvalue weighted by Crippen LogP contribution is -2.44. The van der Waals surface area contributed by atoms with E-state index in [1.807, 2.05) is 41.5 Å². The lowest BCUT2D eigenvalue weighted by molar-refractivity contribution is 0.509. The molecule has 0 aliphatic rings. The molecule has 0 fully saturated rings. The number of guanidine groups is 2. The Morgan fingerprint density at radius 2 is 1.35 bits per heavy atom. The second-order valence-corrected chi connectivity index (χ2v) is 5.69. The summed E-state index contributed by atoms with van der Waals surface area (Å²) < 4.78 is 0. The highest BCUT2D eigenvalue weighted by molar-refractivity contribution is 5.78. The lowest BCUT2D eigenvalue weighted by Gasteiger charge is -2.20. The van der Waals surface area contributed by atoms with Crippen LogP contribution in [-0.2, 0) is 0 Å². The Morgan fingerprint density at radius 1 is 0.941 bits per heavy atom. The summed E-state index contributed by atoms with van der Waals surface area (Å²) >= 11 is 0. The van der Waals surface area contributed by atoms with E-state index >= 15 is 0 Å². The van der Waals surface area contributed by atoms with Gasteiger partial charge >= 0.3 is 0 Å². The second-order valence-electron chi connectivity index (χ2n) is 5.69. The molecule has 0 aromatic carbocycles. The van der Waals surface area contributed by atoms with Gasteiger partial charge in [-0.25, -0.2) is 4.99 Å². The molecule has 0 heterocycles. The monoisotopic (exact) mass is 244 g/mol. The Hall–Kier alpha value is -1.46. The van der Waals surface area contributed by atoms with Crippen LogP contribution in [0.25, 0.3) is 0 Å². The molecule has 0 rings (SSSR count). The van der Waals surface area contributed by atoms with Gasteiger partial charge in [0, 0.05) is 12.6 Å². The number of nitrogens with one attached hydrogen (secondary N) is 1. The molecule has 0 amide bonds. The molecule has 0 radical (unpaired) electrons. The van der Waals surface area contributed by atoms with Crippen LogP contribution < -0.4 is 22.5 Å². The minimum atomic E-state index is -0.140. The molecule has 17 heavy (non-hydrogen) atoms. The first-order valence-electron chi connectivity index (χ1n) is 5.48. The van der Waals surface area contributed by atoms with Crippen LogP contribution >= 0.6 is 0 Å². The highest BCUT2D eigenvalue weighted by Gasteiger charge is 2.08. The van der Waals surface area contributed by atoms with Gasteiger partial charge in [0.15, 0.2) is 11.9 Å². The van der Waals surface area contributed by atoms with Crippen molar-refractivity contribution < 1.29 is 0 Å². The van der Waals surface area contributed by atoms with Gasteiger partial charge in [0.25, 0.3) is 0 Å². The molecule has 6 nitrogen and oxygen atoms in total. The van der Waals surface area contributed by atoms with Crippen LogP contribution in [0.4, 0.5) is 0 Å². The Labute approximate surface area is 105 Å². The van der Waals surface area contributed by atoms with Crippen molar-refractivity contribution in [2.24, 2.45) is 27.2 Å². The van der Waals surface area contributed by atoms with Crippen molar-refractivity contribution in [2.75, 3.05) is 7.05 Å². The summed E-state index contributed by atoms with van der Waals surface area (Å²) in [4.78, 5) is 7.64. The van der Waals surface area contributed by atoms with E-state index in [1.54, 1.807) is 7.05 Å². The van der Waals surface area contributed by atoms with Crippen LogP contribution in [-0.4, -0.2) is 30.0 Å². The molecule has 0 bridgehead atoms. The van der Waals surface area contributed by atoms with Gasteiger partial charge in [-0.15, -0.1) is 0 Å². The first-order chi connectivity index (χ1) is 7.37. The van der Waals surface area contributed by atoms with Crippen molar-refractivity contribution in [1.82, 2.24) is 5.32 Å². The largest absolute Gasteiger partial charge is 0.370 e. The Bertz CT molecular complexity index is 263. The van der Waals surface area contributed by atoms with Crippen molar-refractivity contribution >= 4 is 11.9 Å². The van der Waals surface area contributed by atoms with E-state index in [0.29, 0.717) is 5.96 Å². The number of nitrogens with zero attached hydrogens (tertiary/aromatic N) is 2. The maximum atomic E-state index is 5.40. The Balaban J connectivity index is 0. The smallest absolute Gasteiger partial charge is 0.188 e. The number of aliphatic imine (C=N–C) groups is 2. The summed E-state index contributed by atoms with van der Waals surface area (Å²) in [6.45, 7) is 11.9. The number of nitrogens with two attached hydrogens (primary N) is 3. The molecule has 6 heteroatoms. The number of rotatable bonds is 0. The first-order valence-corrected chi connectivity index (χ1v) is 5.48. The zero-order chi connectivity index (χ0) is 14.3. The van der Waals surface area contributed by atoms with Crippen LogP contribution in [0, 0.1) is 0 Å². The first kappa shape index (κ1) is 17.9. The SMILES string of the molecule is CC(C)(C)N=C(N)N.CN=C(N)NC(C)(C)C. The van der Waals surface area contributed by atoms with Gasteiger partial charge in [0.1, 0.15) is 0 Å². The van der Waals surface area contributed by atoms with Gasteiger partial charge in [-0.3, -0.25) is 4.99 Å². The van der Waals surface area contributed by atoms with E-state index in [9.17, 15) is 0 Å². The maximum Gasteiger partial charge on any atom is 0.188 e. The standard InChI is InChI=1S/C6H15N3.C5H13N3/c1-6(2,3)9-5(7)8-4;1-5(2,3)8-4(6)7/h1-4H3,(H3,7,8,9);1-3H3,(H4,6,7,8). The third-order valence-corrected chi connectivity index (χ3v) is 1.21. The van der Waals surface area contributed by atoms with Gasteiger partial charge in [0.2, 0.25) is 0 Å². The molecule has 0 aliphatic heterocycles. The third-order valence-electron chi connectivity index (χ3n) is 1.21. The molecule has 7 N–H and O–H groups in total. The van der Waals surface area contributed by atoms with Gasteiger partial charge in [0.05, 0.1) is 5.54 Å². The van der Waals surface area contributed by atoms with Crippen molar-refractivity contribution in [3.63, 3.8) is 0 Å². The van der Waals surface area contributed by atoms with E-state index in [2.05, 4.69) is 15.3 Å². The second kappa shape index (κ2) is 6.98. The van der Waals surface area contributed by atoms with Crippen molar-refractivity contribution in [3.05, 3.63) is 0 Å². The molecular weight excluding hydrogens is 216 g/mol.